The zero-order chi connectivity index (χ0) is 21.4. The molecular weight excluding hydrogens is 446 g/mol. The van der Waals surface area contributed by atoms with E-state index in [1.807, 2.05) is 6.07 Å². The molecule has 2 aromatic carbocycles. The van der Waals surface area contributed by atoms with E-state index in [9.17, 15) is 9.59 Å². The molecule has 0 atom stereocenters. The summed E-state index contributed by atoms with van der Waals surface area (Å²) in [5, 5.41) is 6.22. The Morgan fingerprint density at radius 3 is 2.77 bits per heavy atom. The van der Waals surface area contributed by atoms with Crippen LogP contribution in [-0.4, -0.2) is 32.8 Å². The lowest BCUT2D eigenvalue weighted by atomic mass is 10.2. The average molecular weight is 460 g/mol. The van der Waals surface area contributed by atoms with Crippen LogP contribution in [0.1, 0.15) is 5.82 Å². The highest BCUT2D eigenvalue weighted by Crippen LogP contribution is 2.29. The van der Waals surface area contributed by atoms with Crippen molar-refractivity contribution in [3.8, 4) is 5.75 Å². The second-order valence-electron chi connectivity index (χ2n) is 6.20. The number of ether oxygens (including phenoxy) is 1. The number of thiocarbonyl (C=S) groups is 1. The quantitative estimate of drug-likeness (QED) is 0.441. The minimum atomic E-state index is -0.617. The predicted octanol–water partition coefficient (Wildman–Crippen LogP) is 3.93. The molecule has 0 unspecified atom stereocenters. The van der Waals surface area contributed by atoms with Gasteiger partial charge in [-0.1, -0.05) is 22.9 Å². The Bertz CT molecular complexity index is 1380. The number of hydrogen-bond acceptors (Lipinski definition) is 7. The van der Waals surface area contributed by atoms with Gasteiger partial charge in [0, 0.05) is 5.02 Å². The van der Waals surface area contributed by atoms with Gasteiger partial charge >= 0.3 is 6.03 Å². The average Bonchev–Trinajstić information content (AvgIpc) is 3.08. The number of halogens is 1. The highest BCUT2D eigenvalue weighted by molar-refractivity contribution is 7.80. The van der Waals surface area contributed by atoms with Crippen LogP contribution < -0.4 is 20.9 Å². The van der Waals surface area contributed by atoms with Crippen molar-refractivity contribution < 1.29 is 9.53 Å². The Labute approximate surface area is 184 Å². The lowest BCUT2D eigenvalue weighted by Gasteiger charge is -2.12. The first-order valence-corrected chi connectivity index (χ1v) is 10.2. The molecule has 0 fully saturated rings. The third-order valence-corrected chi connectivity index (χ3v) is 5.69. The van der Waals surface area contributed by atoms with Crippen molar-refractivity contribution in [2.75, 3.05) is 12.4 Å². The van der Waals surface area contributed by atoms with E-state index in [-0.39, 0.29) is 5.11 Å². The first-order chi connectivity index (χ1) is 14.4. The number of nitrogens with one attached hydrogen (secondary N) is 2. The number of fused-ring (bicyclic) bond motifs is 2. The van der Waals surface area contributed by atoms with Gasteiger partial charge in [-0.3, -0.25) is 15.4 Å². The zero-order valence-electron chi connectivity index (χ0n) is 15.7. The number of amides is 2. The van der Waals surface area contributed by atoms with Crippen LogP contribution in [-0.2, 0) is 0 Å². The summed E-state index contributed by atoms with van der Waals surface area (Å²) in [5.74, 6) is 1.02. The number of aromatic nitrogens is 3. The largest absolute Gasteiger partial charge is 0.497 e. The van der Waals surface area contributed by atoms with Gasteiger partial charge in [0.05, 0.1) is 28.2 Å². The summed E-state index contributed by atoms with van der Waals surface area (Å²) < 4.78 is 7.21. The van der Waals surface area contributed by atoms with E-state index in [1.165, 1.54) is 11.3 Å². The monoisotopic (exact) mass is 459 g/mol. The number of thiazole rings is 1. The molecule has 0 saturated carbocycles. The molecule has 0 saturated heterocycles. The molecule has 8 nitrogen and oxygen atoms in total. The number of benzene rings is 2. The molecule has 0 spiro atoms. The SMILES string of the molecule is COc1ccc2nc(NC(=O)NC(=S)n3c(C)nc4cc(Cl)ccc4c3=O)sc2c1. The molecule has 152 valence electrons. The Balaban J connectivity index is 1.56. The van der Waals surface area contributed by atoms with E-state index in [2.05, 4.69) is 20.6 Å². The van der Waals surface area contributed by atoms with Crippen molar-refractivity contribution in [2.45, 2.75) is 6.92 Å². The fourth-order valence-corrected chi connectivity index (χ4v) is 4.24. The molecule has 2 aromatic heterocycles. The molecule has 0 aliphatic heterocycles. The third-order valence-electron chi connectivity index (χ3n) is 4.24. The number of urea groups is 1. The maximum Gasteiger partial charge on any atom is 0.327 e. The zero-order valence-corrected chi connectivity index (χ0v) is 18.1. The van der Waals surface area contributed by atoms with Gasteiger partial charge in [0.15, 0.2) is 10.2 Å². The minimum absolute atomic E-state index is 0.0952. The highest BCUT2D eigenvalue weighted by atomic mass is 35.5. The van der Waals surface area contributed by atoms with Gasteiger partial charge in [0.1, 0.15) is 11.6 Å². The van der Waals surface area contributed by atoms with Crippen LogP contribution in [0, 0.1) is 6.92 Å². The van der Waals surface area contributed by atoms with Crippen molar-refractivity contribution in [3.05, 3.63) is 57.6 Å². The Hall–Kier alpha value is -3.08. The summed E-state index contributed by atoms with van der Waals surface area (Å²) in [6.07, 6.45) is 0. The summed E-state index contributed by atoms with van der Waals surface area (Å²) in [5.41, 5.74) is 0.785. The van der Waals surface area contributed by atoms with Crippen LogP contribution in [0.15, 0.2) is 41.2 Å². The molecular formula is C19H14ClN5O3S2. The van der Waals surface area contributed by atoms with Gasteiger partial charge < -0.3 is 4.74 Å². The Kier molecular flexibility index (Phi) is 5.37. The molecule has 4 rings (SSSR count). The Morgan fingerprint density at radius 2 is 2.00 bits per heavy atom. The molecule has 0 aliphatic carbocycles. The van der Waals surface area contributed by atoms with Crippen LogP contribution in [0.5, 0.6) is 5.75 Å². The van der Waals surface area contributed by atoms with Crippen molar-refractivity contribution in [1.29, 1.82) is 0 Å². The maximum absolute atomic E-state index is 12.8. The topological polar surface area (TPSA) is 98.1 Å². The van der Waals surface area contributed by atoms with Crippen LogP contribution >= 0.6 is 35.2 Å². The summed E-state index contributed by atoms with van der Waals surface area (Å²) in [6, 6.07) is 9.56. The van der Waals surface area contributed by atoms with E-state index in [0.717, 1.165) is 14.8 Å². The standard InChI is InChI=1S/C19H14ClN5O3S2/c1-9-21-14-7-10(20)3-5-12(14)16(26)25(9)19(29)24-17(27)23-18-22-13-6-4-11(28-2)8-15(13)30-18/h3-8H,1-2H3,(H2,22,23,24,27,29). The highest BCUT2D eigenvalue weighted by Gasteiger charge is 2.15. The number of rotatable bonds is 2. The summed E-state index contributed by atoms with van der Waals surface area (Å²) in [7, 11) is 1.58. The molecule has 0 aliphatic rings. The van der Waals surface area contributed by atoms with Gasteiger partial charge in [-0.2, -0.15) is 0 Å². The van der Waals surface area contributed by atoms with Crippen LogP contribution in [0.4, 0.5) is 9.93 Å². The van der Waals surface area contributed by atoms with Gasteiger partial charge in [0.25, 0.3) is 5.56 Å². The molecule has 4 aromatic rings. The molecule has 30 heavy (non-hydrogen) atoms. The van der Waals surface area contributed by atoms with Gasteiger partial charge in [-0.15, -0.1) is 0 Å². The fourth-order valence-electron chi connectivity index (χ4n) is 2.88. The minimum Gasteiger partial charge on any atom is -0.497 e. The Morgan fingerprint density at radius 1 is 1.20 bits per heavy atom. The molecule has 11 heteroatoms. The molecule has 0 radical (unpaired) electrons. The second kappa shape index (κ2) is 7.98. The summed E-state index contributed by atoms with van der Waals surface area (Å²) >= 11 is 12.5. The van der Waals surface area contributed by atoms with E-state index in [0.29, 0.717) is 32.6 Å². The smallest absolute Gasteiger partial charge is 0.327 e. The maximum atomic E-state index is 12.8. The number of anilines is 1. The van der Waals surface area contributed by atoms with Crippen LogP contribution in [0.2, 0.25) is 5.02 Å². The molecule has 0 bridgehead atoms. The van der Waals surface area contributed by atoms with Crippen molar-refractivity contribution in [3.63, 3.8) is 0 Å². The van der Waals surface area contributed by atoms with Gasteiger partial charge in [-0.25, -0.2) is 19.3 Å². The number of carbonyl (C=O) groups excluding carboxylic acids is 1. The van der Waals surface area contributed by atoms with E-state index in [1.54, 1.807) is 44.4 Å². The third kappa shape index (κ3) is 3.84. The number of carbonyl (C=O) groups is 1. The molecule has 2 amide bonds. The number of aryl methyl sites for hydroxylation is 1. The predicted molar refractivity (Wildman–Crippen MR) is 122 cm³/mol. The normalized spacial score (nSPS) is 10.9. The summed E-state index contributed by atoms with van der Waals surface area (Å²) in [4.78, 5) is 33.9. The van der Waals surface area contributed by atoms with Gasteiger partial charge in [-0.05, 0) is 55.5 Å². The number of nitrogens with zero attached hydrogens (tertiary/aromatic N) is 3. The van der Waals surface area contributed by atoms with E-state index in [4.69, 9.17) is 28.6 Å². The van der Waals surface area contributed by atoms with Crippen molar-refractivity contribution in [2.24, 2.45) is 0 Å². The number of methoxy groups -OCH3 is 1. The first-order valence-electron chi connectivity index (χ1n) is 8.61. The van der Waals surface area contributed by atoms with Crippen LogP contribution in [0.25, 0.3) is 21.1 Å². The fraction of sp³-hybridized carbons (Fsp3) is 0.105. The molecule has 2 heterocycles. The van der Waals surface area contributed by atoms with Gasteiger partial charge in [0.2, 0.25) is 0 Å². The first kappa shape index (κ1) is 20.2. The van der Waals surface area contributed by atoms with E-state index >= 15 is 0 Å². The molecule has 2 N–H and O–H groups in total. The van der Waals surface area contributed by atoms with E-state index < -0.39 is 11.6 Å². The lowest BCUT2D eigenvalue weighted by Crippen LogP contribution is -2.42. The van der Waals surface area contributed by atoms with Crippen molar-refractivity contribution >= 4 is 72.6 Å². The number of hydrogen-bond donors (Lipinski definition) is 2. The lowest BCUT2D eigenvalue weighted by molar-refractivity contribution is 0.256. The second-order valence-corrected chi connectivity index (χ2v) is 8.05. The summed E-state index contributed by atoms with van der Waals surface area (Å²) in [6.45, 7) is 1.62. The van der Waals surface area contributed by atoms with Crippen LogP contribution in [0.3, 0.4) is 0 Å². The van der Waals surface area contributed by atoms with Crippen molar-refractivity contribution in [1.82, 2.24) is 19.9 Å².